The number of hydrogen-bond acceptors (Lipinski definition) is 2. The van der Waals surface area contributed by atoms with Gasteiger partial charge >= 0.3 is 0 Å². The summed E-state index contributed by atoms with van der Waals surface area (Å²) in [6.45, 7) is 4.16. The standard InChI is InChI=1S/C16H21BrClNO/c1-11-4-6-16(7-5-11)10-19-9-15(20-16)13-3-2-12(17)8-14(13)18/h2-3,8,11,15,19H,4-7,9-10H2,1H3. The van der Waals surface area contributed by atoms with E-state index >= 15 is 0 Å². The van der Waals surface area contributed by atoms with Crippen LogP contribution in [0.3, 0.4) is 0 Å². The van der Waals surface area contributed by atoms with Crippen molar-refractivity contribution in [3.8, 4) is 0 Å². The van der Waals surface area contributed by atoms with Gasteiger partial charge in [0.2, 0.25) is 0 Å². The minimum atomic E-state index is 0.0197. The number of morpholine rings is 1. The minimum Gasteiger partial charge on any atom is -0.364 e. The van der Waals surface area contributed by atoms with Gasteiger partial charge in [0, 0.05) is 28.1 Å². The van der Waals surface area contributed by atoms with Crippen LogP contribution in [-0.4, -0.2) is 18.7 Å². The summed E-state index contributed by atoms with van der Waals surface area (Å²) >= 11 is 9.83. The van der Waals surface area contributed by atoms with Gasteiger partial charge < -0.3 is 10.1 Å². The summed E-state index contributed by atoms with van der Waals surface area (Å²) in [5.41, 5.74) is 1.12. The van der Waals surface area contributed by atoms with Crippen molar-refractivity contribution in [1.29, 1.82) is 0 Å². The summed E-state index contributed by atoms with van der Waals surface area (Å²) in [6.07, 6.45) is 4.92. The van der Waals surface area contributed by atoms with Crippen molar-refractivity contribution < 1.29 is 4.74 Å². The molecular formula is C16H21BrClNO. The molecule has 1 saturated carbocycles. The van der Waals surface area contributed by atoms with Crippen molar-refractivity contribution in [3.63, 3.8) is 0 Å². The maximum Gasteiger partial charge on any atom is 0.0971 e. The molecule has 1 unspecified atom stereocenters. The van der Waals surface area contributed by atoms with Crippen LogP contribution in [-0.2, 0) is 4.74 Å². The van der Waals surface area contributed by atoms with Gasteiger partial charge in [0.05, 0.1) is 11.7 Å². The van der Waals surface area contributed by atoms with Crippen molar-refractivity contribution >= 4 is 27.5 Å². The van der Waals surface area contributed by atoms with E-state index in [9.17, 15) is 0 Å². The Labute approximate surface area is 134 Å². The number of hydrogen-bond donors (Lipinski definition) is 1. The van der Waals surface area contributed by atoms with Crippen molar-refractivity contribution in [2.75, 3.05) is 13.1 Å². The molecule has 0 radical (unpaired) electrons. The van der Waals surface area contributed by atoms with Crippen molar-refractivity contribution in [2.45, 2.75) is 44.3 Å². The van der Waals surface area contributed by atoms with E-state index in [4.69, 9.17) is 16.3 Å². The average Bonchev–Trinajstić information content (AvgIpc) is 2.43. The molecule has 1 N–H and O–H groups in total. The summed E-state index contributed by atoms with van der Waals surface area (Å²) in [6, 6.07) is 6.06. The van der Waals surface area contributed by atoms with E-state index in [2.05, 4.69) is 34.2 Å². The van der Waals surface area contributed by atoms with E-state index in [0.29, 0.717) is 0 Å². The van der Waals surface area contributed by atoms with Crippen LogP contribution in [0, 0.1) is 5.92 Å². The minimum absolute atomic E-state index is 0.0197. The van der Waals surface area contributed by atoms with E-state index in [1.54, 1.807) is 0 Å². The first-order valence-corrected chi connectivity index (χ1v) is 8.59. The molecule has 0 aromatic heterocycles. The number of nitrogens with one attached hydrogen (secondary N) is 1. The summed E-state index contributed by atoms with van der Waals surface area (Å²) in [4.78, 5) is 0. The SMILES string of the molecule is CC1CCC2(CC1)CNCC(c1ccc(Br)cc1Cl)O2. The van der Waals surface area contributed by atoms with E-state index in [0.717, 1.165) is 46.9 Å². The average molecular weight is 359 g/mol. The Balaban J connectivity index is 1.78. The van der Waals surface area contributed by atoms with Gasteiger partial charge in [-0.1, -0.05) is 40.5 Å². The number of rotatable bonds is 1. The molecule has 1 saturated heterocycles. The van der Waals surface area contributed by atoms with Crippen LogP contribution in [0.15, 0.2) is 22.7 Å². The molecule has 1 aromatic rings. The highest BCUT2D eigenvalue weighted by molar-refractivity contribution is 9.10. The second kappa shape index (κ2) is 5.96. The van der Waals surface area contributed by atoms with E-state index in [1.165, 1.54) is 12.8 Å². The van der Waals surface area contributed by atoms with Gasteiger partial charge in [-0.2, -0.15) is 0 Å². The Morgan fingerprint density at radius 1 is 1.35 bits per heavy atom. The fourth-order valence-corrected chi connectivity index (χ4v) is 4.13. The lowest BCUT2D eigenvalue weighted by atomic mass is 9.78. The second-order valence-electron chi connectivity index (χ2n) is 6.27. The first-order valence-electron chi connectivity index (χ1n) is 7.41. The monoisotopic (exact) mass is 357 g/mol. The van der Waals surface area contributed by atoms with Crippen LogP contribution >= 0.6 is 27.5 Å². The zero-order valence-corrected chi connectivity index (χ0v) is 14.1. The molecule has 1 atom stereocenters. The first kappa shape index (κ1) is 14.8. The fraction of sp³-hybridized carbons (Fsp3) is 0.625. The number of ether oxygens (including phenoxy) is 1. The van der Waals surface area contributed by atoms with Gasteiger partial charge in [0.15, 0.2) is 0 Å². The van der Waals surface area contributed by atoms with Crippen LogP contribution in [0.2, 0.25) is 5.02 Å². The molecule has 3 rings (SSSR count). The van der Waals surface area contributed by atoms with Gasteiger partial charge in [-0.25, -0.2) is 0 Å². The third kappa shape index (κ3) is 3.06. The highest BCUT2D eigenvalue weighted by atomic mass is 79.9. The highest BCUT2D eigenvalue weighted by Gasteiger charge is 2.40. The fourth-order valence-electron chi connectivity index (χ4n) is 3.34. The van der Waals surface area contributed by atoms with Crippen LogP contribution in [0.5, 0.6) is 0 Å². The molecule has 1 heterocycles. The largest absolute Gasteiger partial charge is 0.364 e. The Kier molecular flexibility index (Phi) is 4.42. The van der Waals surface area contributed by atoms with Gasteiger partial charge in [-0.15, -0.1) is 0 Å². The van der Waals surface area contributed by atoms with Crippen LogP contribution in [0.25, 0.3) is 0 Å². The third-order valence-electron chi connectivity index (χ3n) is 4.66. The first-order chi connectivity index (χ1) is 9.58. The lowest BCUT2D eigenvalue weighted by molar-refractivity contribution is -0.140. The molecule has 1 aliphatic carbocycles. The molecule has 2 fully saturated rings. The van der Waals surface area contributed by atoms with Crippen LogP contribution in [0.1, 0.15) is 44.3 Å². The molecule has 110 valence electrons. The molecule has 0 amide bonds. The number of benzene rings is 1. The van der Waals surface area contributed by atoms with Crippen molar-refractivity contribution in [3.05, 3.63) is 33.3 Å². The lowest BCUT2D eigenvalue weighted by Gasteiger charge is -2.45. The van der Waals surface area contributed by atoms with Gasteiger partial charge in [-0.3, -0.25) is 0 Å². The Hall–Kier alpha value is -0.0900. The highest BCUT2D eigenvalue weighted by Crippen LogP contribution is 2.41. The quantitative estimate of drug-likeness (QED) is 0.785. The molecule has 1 spiro atoms. The van der Waals surface area contributed by atoms with E-state index in [-0.39, 0.29) is 11.7 Å². The topological polar surface area (TPSA) is 21.3 Å². The zero-order valence-electron chi connectivity index (χ0n) is 11.8. The van der Waals surface area contributed by atoms with Gasteiger partial charge in [0.25, 0.3) is 0 Å². The molecule has 2 nitrogen and oxygen atoms in total. The third-order valence-corrected chi connectivity index (χ3v) is 5.48. The Morgan fingerprint density at radius 2 is 2.10 bits per heavy atom. The molecular weight excluding hydrogens is 338 g/mol. The molecule has 1 aliphatic heterocycles. The smallest absolute Gasteiger partial charge is 0.0971 e. The maximum absolute atomic E-state index is 6.51. The molecule has 4 heteroatoms. The molecule has 20 heavy (non-hydrogen) atoms. The molecule has 1 aromatic carbocycles. The summed E-state index contributed by atoms with van der Waals surface area (Å²) < 4.78 is 7.52. The second-order valence-corrected chi connectivity index (χ2v) is 7.59. The summed E-state index contributed by atoms with van der Waals surface area (Å²) in [5.74, 6) is 0.834. The lowest BCUT2D eigenvalue weighted by Crippen LogP contribution is -2.52. The van der Waals surface area contributed by atoms with Crippen molar-refractivity contribution in [2.24, 2.45) is 5.92 Å². The zero-order chi connectivity index (χ0) is 14.2. The summed E-state index contributed by atoms with van der Waals surface area (Å²) in [5, 5.41) is 4.34. The van der Waals surface area contributed by atoms with Crippen LogP contribution < -0.4 is 5.32 Å². The van der Waals surface area contributed by atoms with Gasteiger partial charge in [-0.05, 0) is 43.7 Å². The Bertz CT molecular complexity index is 485. The Morgan fingerprint density at radius 3 is 2.80 bits per heavy atom. The van der Waals surface area contributed by atoms with Gasteiger partial charge in [0.1, 0.15) is 0 Å². The predicted molar refractivity (Wildman–Crippen MR) is 86.2 cm³/mol. The molecule has 0 bridgehead atoms. The van der Waals surface area contributed by atoms with E-state index in [1.807, 2.05) is 12.1 Å². The summed E-state index contributed by atoms with van der Waals surface area (Å²) in [7, 11) is 0. The van der Waals surface area contributed by atoms with E-state index < -0.39 is 0 Å². The normalized spacial score (nSPS) is 34.4. The van der Waals surface area contributed by atoms with Crippen molar-refractivity contribution in [1.82, 2.24) is 5.32 Å². The maximum atomic E-state index is 6.51. The number of halogens is 2. The van der Waals surface area contributed by atoms with Crippen LogP contribution in [0.4, 0.5) is 0 Å². The molecule has 2 aliphatic rings. The predicted octanol–water partition coefficient (Wildman–Crippen LogP) is 4.71.